The molecule has 104 valence electrons. The van der Waals surface area contributed by atoms with Gasteiger partial charge in [0.05, 0.1) is 13.2 Å². The summed E-state index contributed by atoms with van der Waals surface area (Å²) in [5.74, 6) is 0.554. The van der Waals surface area contributed by atoms with Crippen LogP contribution in [0.4, 0.5) is 0 Å². The Morgan fingerprint density at radius 3 is 2.65 bits per heavy atom. The van der Waals surface area contributed by atoms with Gasteiger partial charge in [-0.3, -0.25) is 4.79 Å². The highest BCUT2D eigenvalue weighted by molar-refractivity contribution is 9.10. The summed E-state index contributed by atoms with van der Waals surface area (Å²) in [5.41, 5.74) is 1.63. The van der Waals surface area contributed by atoms with E-state index in [-0.39, 0.29) is 11.9 Å². The second-order valence-corrected chi connectivity index (χ2v) is 5.30. The molecule has 1 atom stereocenters. The summed E-state index contributed by atoms with van der Waals surface area (Å²) in [6.45, 7) is 1.96. The molecule has 0 aliphatic rings. The molecule has 0 aromatic heterocycles. The van der Waals surface area contributed by atoms with Gasteiger partial charge in [0.25, 0.3) is 5.91 Å². The zero-order chi connectivity index (χ0) is 14.5. The fourth-order valence-corrected chi connectivity index (χ4v) is 2.58. The lowest BCUT2D eigenvalue weighted by Crippen LogP contribution is -2.26. The van der Waals surface area contributed by atoms with E-state index in [9.17, 15) is 4.79 Å². The number of benzene rings is 2. The van der Waals surface area contributed by atoms with Crippen molar-refractivity contribution in [2.24, 2.45) is 0 Å². The van der Waals surface area contributed by atoms with Gasteiger partial charge in [0.1, 0.15) is 5.75 Å². The van der Waals surface area contributed by atoms with E-state index < -0.39 is 0 Å². The molecule has 2 aromatic carbocycles. The van der Waals surface area contributed by atoms with Crippen molar-refractivity contribution in [3.05, 3.63) is 64.1 Å². The molecule has 2 aromatic rings. The van der Waals surface area contributed by atoms with Crippen molar-refractivity contribution in [2.75, 3.05) is 7.11 Å². The minimum atomic E-state index is -0.118. The molecule has 4 heteroatoms. The lowest BCUT2D eigenvalue weighted by atomic mass is 10.1. The standard InChI is InChI=1S/C16H16BrNO2/c1-11(14-8-3-4-9-15(14)17)18-16(19)12-6-5-7-13(10-12)20-2/h3-11H,1-2H3,(H,18,19). The molecule has 3 nitrogen and oxygen atoms in total. The van der Waals surface area contributed by atoms with Crippen LogP contribution in [-0.4, -0.2) is 13.0 Å². The van der Waals surface area contributed by atoms with E-state index in [2.05, 4.69) is 21.2 Å². The van der Waals surface area contributed by atoms with E-state index in [1.54, 1.807) is 25.3 Å². The minimum absolute atomic E-state index is 0.0794. The first-order chi connectivity index (χ1) is 9.61. The largest absolute Gasteiger partial charge is 0.497 e. The molecule has 20 heavy (non-hydrogen) atoms. The number of hydrogen-bond acceptors (Lipinski definition) is 2. The number of carbonyl (C=O) groups excluding carboxylic acids is 1. The Labute approximate surface area is 127 Å². The summed E-state index contributed by atoms with van der Waals surface area (Å²) in [6, 6.07) is 14.9. The molecule has 2 rings (SSSR count). The van der Waals surface area contributed by atoms with Gasteiger partial charge < -0.3 is 10.1 Å². The molecule has 0 saturated carbocycles. The average molecular weight is 334 g/mol. The normalized spacial score (nSPS) is 11.8. The fraction of sp³-hybridized carbons (Fsp3) is 0.188. The van der Waals surface area contributed by atoms with Crippen LogP contribution >= 0.6 is 15.9 Å². The average Bonchev–Trinajstić information content (AvgIpc) is 2.47. The van der Waals surface area contributed by atoms with Gasteiger partial charge in [0, 0.05) is 10.0 Å². The molecular formula is C16H16BrNO2. The summed E-state index contributed by atoms with van der Waals surface area (Å²) < 4.78 is 6.11. The first-order valence-electron chi connectivity index (χ1n) is 6.31. The second-order valence-electron chi connectivity index (χ2n) is 4.45. The number of amides is 1. The van der Waals surface area contributed by atoms with Gasteiger partial charge in [-0.15, -0.1) is 0 Å². The third-order valence-corrected chi connectivity index (χ3v) is 3.77. The molecule has 0 aliphatic carbocycles. The van der Waals surface area contributed by atoms with Gasteiger partial charge in [0.2, 0.25) is 0 Å². The smallest absolute Gasteiger partial charge is 0.251 e. The molecule has 0 radical (unpaired) electrons. The Balaban J connectivity index is 2.13. The van der Waals surface area contributed by atoms with E-state index in [1.165, 1.54) is 0 Å². The first kappa shape index (κ1) is 14.6. The van der Waals surface area contributed by atoms with E-state index in [0.29, 0.717) is 11.3 Å². The number of methoxy groups -OCH3 is 1. The Bertz CT molecular complexity index is 613. The number of carbonyl (C=O) groups is 1. The molecular weight excluding hydrogens is 318 g/mol. The van der Waals surface area contributed by atoms with Crippen LogP contribution in [0.3, 0.4) is 0 Å². The molecule has 1 unspecified atom stereocenters. The quantitative estimate of drug-likeness (QED) is 0.919. The third-order valence-electron chi connectivity index (χ3n) is 3.05. The van der Waals surface area contributed by atoms with E-state index in [4.69, 9.17) is 4.74 Å². The Hall–Kier alpha value is -1.81. The van der Waals surface area contributed by atoms with Crippen molar-refractivity contribution < 1.29 is 9.53 Å². The zero-order valence-corrected chi connectivity index (χ0v) is 13.0. The number of ether oxygens (including phenoxy) is 1. The van der Waals surface area contributed by atoms with Crippen molar-refractivity contribution in [3.8, 4) is 5.75 Å². The summed E-state index contributed by atoms with van der Waals surface area (Å²) in [5, 5.41) is 2.98. The maximum atomic E-state index is 12.2. The first-order valence-corrected chi connectivity index (χ1v) is 7.10. The van der Waals surface area contributed by atoms with Crippen LogP contribution in [0.25, 0.3) is 0 Å². The number of halogens is 1. The van der Waals surface area contributed by atoms with Gasteiger partial charge in [0.15, 0.2) is 0 Å². The topological polar surface area (TPSA) is 38.3 Å². The maximum Gasteiger partial charge on any atom is 0.251 e. The van der Waals surface area contributed by atoms with Gasteiger partial charge in [-0.2, -0.15) is 0 Å². The van der Waals surface area contributed by atoms with Crippen LogP contribution in [0, 0.1) is 0 Å². The van der Waals surface area contributed by atoms with Gasteiger partial charge >= 0.3 is 0 Å². The van der Waals surface area contributed by atoms with Crippen molar-refractivity contribution in [1.29, 1.82) is 0 Å². The highest BCUT2D eigenvalue weighted by atomic mass is 79.9. The molecule has 0 bridgehead atoms. The lowest BCUT2D eigenvalue weighted by molar-refractivity contribution is 0.0939. The third kappa shape index (κ3) is 3.39. The Kier molecular flexibility index (Phi) is 4.79. The van der Waals surface area contributed by atoms with Crippen molar-refractivity contribution >= 4 is 21.8 Å². The van der Waals surface area contributed by atoms with Crippen LogP contribution < -0.4 is 10.1 Å². The predicted octanol–water partition coefficient (Wildman–Crippen LogP) is 3.95. The molecule has 0 saturated heterocycles. The Morgan fingerprint density at radius 2 is 1.95 bits per heavy atom. The molecule has 0 heterocycles. The highest BCUT2D eigenvalue weighted by Crippen LogP contribution is 2.23. The van der Waals surface area contributed by atoms with Crippen molar-refractivity contribution in [1.82, 2.24) is 5.32 Å². The second kappa shape index (κ2) is 6.57. The van der Waals surface area contributed by atoms with Crippen LogP contribution in [0.1, 0.15) is 28.9 Å². The SMILES string of the molecule is COc1cccc(C(=O)NC(C)c2ccccc2Br)c1. The monoisotopic (exact) mass is 333 g/mol. The molecule has 1 N–H and O–H groups in total. The fourth-order valence-electron chi connectivity index (χ4n) is 1.95. The molecule has 0 fully saturated rings. The van der Waals surface area contributed by atoms with E-state index in [1.807, 2.05) is 37.3 Å². The van der Waals surface area contributed by atoms with Crippen molar-refractivity contribution in [2.45, 2.75) is 13.0 Å². The van der Waals surface area contributed by atoms with Gasteiger partial charge in [-0.25, -0.2) is 0 Å². The predicted molar refractivity (Wildman–Crippen MR) is 83.0 cm³/mol. The summed E-state index contributed by atoms with van der Waals surface area (Å²) >= 11 is 3.49. The van der Waals surface area contributed by atoms with Gasteiger partial charge in [-0.1, -0.05) is 40.2 Å². The van der Waals surface area contributed by atoms with Crippen LogP contribution in [0.5, 0.6) is 5.75 Å². The zero-order valence-electron chi connectivity index (χ0n) is 11.4. The van der Waals surface area contributed by atoms with Crippen LogP contribution in [-0.2, 0) is 0 Å². The molecule has 0 aliphatic heterocycles. The van der Waals surface area contributed by atoms with E-state index in [0.717, 1.165) is 10.0 Å². The molecule has 1 amide bonds. The number of hydrogen-bond donors (Lipinski definition) is 1. The molecule has 0 spiro atoms. The van der Waals surface area contributed by atoms with E-state index >= 15 is 0 Å². The Morgan fingerprint density at radius 1 is 1.20 bits per heavy atom. The van der Waals surface area contributed by atoms with Crippen LogP contribution in [0.15, 0.2) is 53.0 Å². The van der Waals surface area contributed by atoms with Crippen LogP contribution in [0.2, 0.25) is 0 Å². The lowest BCUT2D eigenvalue weighted by Gasteiger charge is -2.16. The summed E-state index contributed by atoms with van der Waals surface area (Å²) in [6.07, 6.45) is 0. The van der Waals surface area contributed by atoms with Gasteiger partial charge in [-0.05, 0) is 36.8 Å². The maximum absolute atomic E-state index is 12.2. The van der Waals surface area contributed by atoms with Crippen molar-refractivity contribution in [3.63, 3.8) is 0 Å². The minimum Gasteiger partial charge on any atom is -0.497 e. The highest BCUT2D eigenvalue weighted by Gasteiger charge is 2.13. The summed E-state index contributed by atoms with van der Waals surface area (Å²) in [4.78, 5) is 12.2. The number of rotatable bonds is 4. The summed E-state index contributed by atoms with van der Waals surface area (Å²) in [7, 11) is 1.58. The number of nitrogens with one attached hydrogen (secondary N) is 1.